The number of hydrogen-bond donors (Lipinski definition) is 3. The molecule has 1 aromatic rings. The van der Waals surface area contributed by atoms with Gasteiger partial charge in [-0.3, -0.25) is 9.59 Å². The molecule has 7 nitrogen and oxygen atoms in total. The molecule has 0 aromatic heterocycles. The van der Waals surface area contributed by atoms with Crippen molar-refractivity contribution in [3.63, 3.8) is 0 Å². The molecule has 0 aliphatic heterocycles. The fourth-order valence-electron chi connectivity index (χ4n) is 3.61. The summed E-state index contributed by atoms with van der Waals surface area (Å²) in [6.07, 6.45) is 0.104. The molecule has 0 radical (unpaired) electrons. The highest BCUT2D eigenvalue weighted by atomic mass is 32.1. The van der Waals surface area contributed by atoms with E-state index >= 15 is 0 Å². The lowest BCUT2D eigenvalue weighted by Gasteiger charge is -2.36. The number of rotatable bonds is 7. The second-order valence-corrected chi connectivity index (χ2v) is 11.3. The number of nitrogens with one attached hydrogen (secondary N) is 2. The third kappa shape index (κ3) is 7.95. The molecule has 4 unspecified atom stereocenters. The van der Waals surface area contributed by atoms with Gasteiger partial charge in [-0.1, -0.05) is 36.8 Å². The largest absolute Gasteiger partial charge is 0.444 e. The van der Waals surface area contributed by atoms with E-state index in [9.17, 15) is 14.4 Å². The molecule has 0 bridgehead atoms. The SMILES string of the molecule is Cc1ccc(C(C(=O)NC(C)(C)C)N(C(=O)C(CS)NC(=O)OC(C)(C)C)C2CC2C)cc1. The quantitative estimate of drug-likeness (QED) is 0.518. The first kappa shape index (κ1) is 27.0. The second-order valence-electron chi connectivity index (χ2n) is 11.0. The Balaban J connectivity index is 2.43. The monoisotopic (exact) mass is 477 g/mol. The fourth-order valence-corrected chi connectivity index (χ4v) is 3.86. The van der Waals surface area contributed by atoms with Crippen LogP contribution >= 0.6 is 12.6 Å². The number of ether oxygens (including phenoxy) is 1. The molecule has 4 atom stereocenters. The van der Waals surface area contributed by atoms with Crippen LogP contribution in [0.2, 0.25) is 0 Å². The normalized spacial score (nSPS) is 19.8. The van der Waals surface area contributed by atoms with Gasteiger partial charge in [-0.25, -0.2) is 4.79 Å². The molecule has 0 spiro atoms. The van der Waals surface area contributed by atoms with E-state index in [2.05, 4.69) is 30.2 Å². The van der Waals surface area contributed by atoms with Gasteiger partial charge in [0.15, 0.2) is 0 Å². The van der Waals surface area contributed by atoms with E-state index in [4.69, 9.17) is 4.74 Å². The van der Waals surface area contributed by atoms with Gasteiger partial charge in [-0.05, 0) is 66.4 Å². The van der Waals surface area contributed by atoms with Gasteiger partial charge in [0.1, 0.15) is 17.7 Å². The first-order chi connectivity index (χ1) is 15.1. The maximum atomic E-state index is 13.8. The van der Waals surface area contributed by atoms with Crippen molar-refractivity contribution in [3.05, 3.63) is 35.4 Å². The van der Waals surface area contributed by atoms with Crippen molar-refractivity contribution in [3.8, 4) is 0 Å². The van der Waals surface area contributed by atoms with Gasteiger partial charge in [-0.15, -0.1) is 0 Å². The van der Waals surface area contributed by atoms with Crippen molar-refractivity contribution in [1.82, 2.24) is 15.5 Å². The van der Waals surface area contributed by atoms with E-state index in [1.54, 1.807) is 25.7 Å². The van der Waals surface area contributed by atoms with E-state index in [1.165, 1.54) is 0 Å². The number of benzene rings is 1. The Morgan fingerprint density at radius 1 is 1.12 bits per heavy atom. The van der Waals surface area contributed by atoms with Gasteiger partial charge < -0.3 is 20.3 Å². The number of amides is 3. The Kier molecular flexibility index (Phi) is 8.49. The number of carbonyl (C=O) groups excluding carboxylic acids is 3. The van der Waals surface area contributed by atoms with Gasteiger partial charge in [0.05, 0.1) is 0 Å². The zero-order valence-electron chi connectivity index (χ0n) is 21.1. The number of alkyl carbamates (subject to hydrolysis) is 1. The Morgan fingerprint density at radius 2 is 1.67 bits per heavy atom. The van der Waals surface area contributed by atoms with Crippen molar-refractivity contribution in [2.45, 2.75) is 91.1 Å². The maximum absolute atomic E-state index is 13.8. The van der Waals surface area contributed by atoms with E-state index in [-0.39, 0.29) is 29.5 Å². The number of hydrogen-bond acceptors (Lipinski definition) is 5. The summed E-state index contributed by atoms with van der Waals surface area (Å²) in [4.78, 5) is 41.3. The standard InChI is InChI=1S/C25H39N3O4S/c1-15-9-11-17(12-10-15)20(21(29)27-24(3,4)5)28(19-13-16(19)2)22(30)18(14-33)26-23(31)32-25(6,7)8/h9-12,16,18-20,33H,13-14H2,1-8H3,(H,26,31)(H,27,29). The highest BCUT2D eigenvalue weighted by molar-refractivity contribution is 7.80. The minimum Gasteiger partial charge on any atom is -0.444 e. The molecule has 0 saturated heterocycles. The first-order valence-corrected chi connectivity index (χ1v) is 12.1. The molecule has 1 aromatic carbocycles. The molecule has 3 amide bonds. The van der Waals surface area contributed by atoms with E-state index in [0.717, 1.165) is 17.5 Å². The van der Waals surface area contributed by atoms with E-state index < -0.39 is 29.3 Å². The molecule has 1 saturated carbocycles. The zero-order chi connectivity index (χ0) is 25.1. The van der Waals surface area contributed by atoms with Gasteiger partial charge in [-0.2, -0.15) is 12.6 Å². The lowest BCUT2D eigenvalue weighted by atomic mass is 9.99. The van der Waals surface area contributed by atoms with Crippen LogP contribution in [0.3, 0.4) is 0 Å². The lowest BCUT2D eigenvalue weighted by molar-refractivity contribution is -0.143. The third-order valence-corrected chi connectivity index (χ3v) is 5.63. The Morgan fingerprint density at radius 3 is 2.09 bits per heavy atom. The molecule has 0 heterocycles. The summed E-state index contributed by atoms with van der Waals surface area (Å²) in [5, 5.41) is 5.67. The Labute approximate surface area is 203 Å². The van der Waals surface area contributed by atoms with Crippen LogP contribution in [0.4, 0.5) is 4.79 Å². The molecule has 184 valence electrons. The van der Waals surface area contributed by atoms with Crippen LogP contribution in [0.25, 0.3) is 0 Å². The van der Waals surface area contributed by atoms with Crippen LogP contribution in [0.5, 0.6) is 0 Å². The highest BCUT2D eigenvalue weighted by Gasteiger charge is 2.48. The maximum Gasteiger partial charge on any atom is 0.408 e. The molecule has 2 N–H and O–H groups in total. The van der Waals surface area contributed by atoms with Crippen LogP contribution in [-0.2, 0) is 14.3 Å². The minimum atomic E-state index is -0.925. The summed E-state index contributed by atoms with van der Waals surface area (Å²) in [6.45, 7) is 15.0. The molecule has 1 fully saturated rings. The van der Waals surface area contributed by atoms with Crippen LogP contribution < -0.4 is 10.6 Å². The van der Waals surface area contributed by atoms with Crippen LogP contribution in [0.1, 0.15) is 72.1 Å². The summed E-state index contributed by atoms with van der Waals surface area (Å²) in [7, 11) is 0. The minimum absolute atomic E-state index is 0.0805. The van der Waals surface area contributed by atoms with Gasteiger partial charge in [0.2, 0.25) is 11.8 Å². The summed E-state index contributed by atoms with van der Waals surface area (Å²) >= 11 is 4.32. The zero-order valence-corrected chi connectivity index (χ0v) is 22.0. The fraction of sp³-hybridized carbons (Fsp3) is 0.640. The van der Waals surface area contributed by atoms with Crippen molar-refractivity contribution in [2.75, 3.05) is 5.75 Å². The van der Waals surface area contributed by atoms with Gasteiger partial charge in [0, 0.05) is 17.3 Å². The number of thiol groups is 1. The Hall–Kier alpha value is -2.22. The highest BCUT2D eigenvalue weighted by Crippen LogP contribution is 2.41. The summed E-state index contributed by atoms with van der Waals surface area (Å²) < 4.78 is 5.33. The predicted molar refractivity (Wildman–Crippen MR) is 133 cm³/mol. The molecule has 2 rings (SSSR count). The smallest absolute Gasteiger partial charge is 0.408 e. The van der Waals surface area contributed by atoms with Crippen molar-refractivity contribution in [1.29, 1.82) is 0 Å². The summed E-state index contributed by atoms with van der Waals surface area (Å²) in [5.74, 6) is -0.266. The second kappa shape index (κ2) is 10.4. The third-order valence-electron chi connectivity index (χ3n) is 5.27. The Bertz CT molecular complexity index is 858. The molecule has 8 heteroatoms. The number of carbonyl (C=O) groups is 3. The van der Waals surface area contributed by atoms with Gasteiger partial charge in [0.25, 0.3) is 0 Å². The predicted octanol–water partition coefficient (Wildman–Crippen LogP) is 4.01. The summed E-state index contributed by atoms with van der Waals surface area (Å²) in [5.41, 5.74) is 0.619. The van der Waals surface area contributed by atoms with E-state index in [0.29, 0.717) is 0 Å². The first-order valence-electron chi connectivity index (χ1n) is 11.4. The van der Waals surface area contributed by atoms with Gasteiger partial charge >= 0.3 is 6.09 Å². The molecular weight excluding hydrogens is 438 g/mol. The van der Waals surface area contributed by atoms with Crippen molar-refractivity contribution in [2.24, 2.45) is 5.92 Å². The average Bonchev–Trinajstić information content (AvgIpc) is 3.37. The molecular formula is C25H39N3O4S. The van der Waals surface area contributed by atoms with Crippen LogP contribution in [0.15, 0.2) is 24.3 Å². The van der Waals surface area contributed by atoms with Crippen LogP contribution in [0, 0.1) is 12.8 Å². The molecule has 1 aliphatic rings. The number of nitrogens with zero attached hydrogens (tertiary/aromatic N) is 1. The van der Waals surface area contributed by atoms with Crippen LogP contribution in [-0.4, -0.2) is 51.8 Å². The average molecular weight is 478 g/mol. The van der Waals surface area contributed by atoms with E-state index in [1.807, 2.05) is 52.0 Å². The topological polar surface area (TPSA) is 87.7 Å². The molecule has 1 aliphatic carbocycles. The van der Waals surface area contributed by atoms with Crippen molar-refractivity contribution < 1.29 is 19.1 Å². The lowest BCUT2D eigenvalue weighted by Crippen LogP contribution is -2.56. The molecule has 33 heavy (non-hydrogen) atoms. The summed E-state index contributed by atoms with van der Waals surface area (Å²) in [6, 6.07) is 5.78. The number of aryl methyl sites for hydroxylation is 1. The van der Waals surface area contributed by atoms with Crippen molar-refractivity contribution >= 4 is 30.5 Å².